The van der Waals surface area contributed by atoms with Gasteiger partial charge in [-0.25, -0.2) is 4.98 Å². The van der Waals surface area contributed by atoms with Gasteiger partial charge in [0.25, 0.3) is 5.91 Å². The molecule has 2 fully saturated rings. The topological polar surface area (TPSA) is 86.9 Å². The summed E-state index contributed by atoms with van der Waals surface area (Å²) >= 11 is 1.61. The van der Waals surface area contributed by atoms with Gasteiger partial charge in [0.15, 0.2) is 0 Å². The van der Waals surface area contributed by atoms with Gasteiger partial charge in [-0.05, 0) is 62.3 Å². The minimum Gasteiger partial charge on any atom is -0.352 e. The molecule has 5 rings (SSSR count). The van der Waals surface area contributed by atoms with E-state index in [2.05, 4.69) is 20.6 Å². The molecule has 3 aliphatic rings. The van der Waals surface area contributed by atoms with E-state index in [1.807, 2.05) is 6.20 Å². The molecule has 2 aromatic heterocycles. The third-order valence-electron chi connectivity index (χ3n) is 6.06. The molecule has 2 amide bonds. The molecule has 0 radical (unpaired) electrons. The zero-order valence-electron chi connectivity index (χ0n) is 15.9. The number of imidazole rings is 1. The van der Waals surface area contributed by atoms with Crippen LogP contribution in [0.1, 0.15) is 58.7 Å². The van der Waals surface area contributed by atoms with Gasteiger partial charge in [0.1, 0.15) is 10.8 Å². The van der Waals surface area contributed by atoms with E-state index in [1.54, 1.807) is 17.5 Å². The van der Waals surface area contributed by atoms with Crippen molar-refractivity contribution < 1.29 is 9.59 Å². The van der Waals surface area contributed by atoms with Gasteiger partial charge in [-0.1, -0.05) is 0 Å². The van der Waals surface area contributed by atoms with Gasteiger partial charge < -0.3 is 15.6 Å². The Labute approximate surface area is 168 Å². The van der Waals surface area contributed by atoms with Gasteiger partial charge in [0, 0.05) is 36.2 Å². The fraction of sp³-hybridized carbons (Fsp3) is 0.571. The van der Waals surface area contributed by atoms with Crippen molar-refractivity contribution in [1.29, 1.82) is 0 Å². The van der Waals surface area contributed by atoms with Gasteiger partial charge in [-0.2, -0.15) is 0 Å². The van der Waals surface area contributed by atoms with E-state index < -0.39 is 0 Å². The van der Waals surface area contributed by atoms with Crippen molar-refractivity contribution in [3.8, 4) is 0 Å². The summed E-state index contributed by atoms with van der Waals surface area (Å²) in [6.07, 6.45) is 11.8. The molecule has 2 aromatic rings. The molecule has 0 spiro atoms. The van der Waals surface area contributed by atoms with Crippen LogP contribution in [-0.4, -0.2) is 28.3 Å². The van der Waals surface area contributed by atoms with Gasteiger partial charge in [-0.15, -0.1) is 11.3 Å². The van der Waals surface area contributed by atoms with Crippen LogP contribution >= 0.6 is 11.3 Å². The Balaban J connectivity index is 1.39. The summed E-state index contributed by atoms with van der Waals surface area (Å²) in [5.74, 6) is 2.29. The zero-order chi connectivity index (χ0) is 19.1. The number of rotatable bonds is 7. The van der Waals surface area contributed by atoms with E-state index in [1.165, 1.54) is 17.7 Å². The molecule has 3 N–H and O–H groups in total. The van der Waals surface area contributed by atoms with Crippen molar-refractivity contribution in [1.82, 2.24) is 15.3 Å². The largest absolute Gasteiger partial charge is 0.352 e. The lowest BCUT2D eigenvalue weighted by molar-refractivity contribution is -0.117. The average molecular weight is 399 g/mol. The van der Waals surface area contributed by atoms with Crippen LogP contribution in [0.3, 0.4) is 0 Å². The van der Waals surface area contributed by atoms with Gasteiger partial charge in [0.2, 0.25) is 5.91 Å². The smallest absolute Gasteiger partial charge is 0.254 e. The van der Waals surface area contributed by atoms with E-state index in [9.17, 15) is 9.59 Å². The number of aryl methyl sites for hydroxylation is 1. The molecule has 2 heterocycles. The number of nitrogens with one attached hydrogen (secondary N) is 3. The Morgan fingerprint density at radius 2 is 2.04 bits per heavy atom. The number of aromatic amines is 1. The maximum absolute atomic E-state index is 13.0. The fourth-order valence-corrected chi connectivity index (χ4v) is 5.29. The molecular formula is C21H26N4O2S. The molecule has 0 unspecified atom stereocenters. The highest BCUT2D eigenvalue weighted by Crippen LogP contribution is 2.41. The van der Waals surface area contributed by atoms with E-state index in [0.29, 0.717) is 11.8 Å². The maximum Gasteiger partial charge on any atom is 0.254 e. The summed E-state index contributed by atoms with van der Waals surface area (Å²) in [5.41, 5.74) is 1.87. The molecule has 2 saturated carbocycles. The van der Waals surface area contributed by atoms with Crippen molar-refractivity contribution in [3.63, 3.8) is 0 Å². The van der Waals surface area contributed by atoms with Crippen molar-refractivity contribution in [2.24, 2.45) is 17.8 Å². The quantitative estimate of drug-likeness (QED) is 0.669. The van der Waals surface area contributed by atoms with Crippen LogP contribution in [-0.2, 0) is 24.1 Å². The average Bonchev–Trinajstić information content (AvgIpc) is 3.61. The van der Waals surface area contributed by atoms with Crippen LogP contribution in [0.15, 0.2) is 12.4 Å². The monoisotopic (exact) mass is 398 g/mol. The Bertz CT molecular complexity index is 881. The van der Waals surface area contributed by atoms with Gasteiger partial charge >= 0.3 is 0 Å². The molecule has 148 valence electrons. The number of carbonyl (C=O) groups excluding carboxylic acids is 2. The summed E-state index contributed by atoms with van der Waals surface area (Å²) < 4.78 is 0. The Hall–Kier alpha value is -2.15. The summed E-state index contributed by atoms with van der Waals surface area (Å²) in [7, 11) is 0. The summed E-state index contributed by atoms with van der Waals surface area (Å²) in [5, 5.41) is 6.95. The highest BCUT2D eigenvalue weighted by atomic mass is 32.1. The third kappa shape index (κ3) is 3.85. The molecule has 7 heteroatoms. The summed E-state index contributed by atoms with van der Waals surface area (Å²) in [6, 6.07) is 0. The van der Waals surface area contributed by atoms with E-state index >= 15 is 0 Å². The minimum absolute atomic E-state index is 0.0193. The SMILES string of the molecule is O=C(NCC1CC1)c1c(NC(=O)C2CC2)sc2c1C[C@@H](Cc1ncc[nH]1)CC2. The molecule has 28 heavy (non-hydrogen) atoms. The predicted octanol–water partition coefficient (Wildman–Crippen LogP) is 3.31. The second-order valence-electron chi connectivity index (χ2n) is 8.47. The number of nitrogens with zero attached hydrogens (tertiary/aromatic N) is 1. The lowest BCUT2D eigenvalue weighted by Crippen LogP contribution is -2.28. The number of H-pyrrole nitrogens is 1. The van der Waals surface area contributed by atoms with Crippen LogP contribution in [0.4, 0.5) is 5.00 Å². The first-order valence-electron chi connectivity index (χ1n) is 10.4. The first-order valence-corrected chi connectivity index (χ1v) is 11.2. The fourth-order valence-electron chi connectivity index (χ4n) is 4.05. The summed E-state index contributed by atoms with van der Waals surface area (Å²) in [6.45, 7) is 0.745. The number of hydrogen-bond acceptors (Lipinski definition) is 4. The first-order chi connectivity index (χ1) is 13.7. The molecule has 0 saturated heterocycles. The van der Waals surface area contributed by atoms with Gasteiger partial charge in [-0.3, -0.25) is 9.59 Å². The van der Waals surface area contributed by atoms with Crippen LogP contribution in [0.2, 0.25) is 0 Å². The van der Waals surface area contributed by atoms with Crippen molar-refractivity contribution >= 4 is 28.2 Å². The normalized spacial score (nSPS) is 21.2. The lowest BCUT2D eigenvalue weighted by Gasteiger charge is -2.22. The highest BCUT2D eigenvalue weighted by Gasteiger charge is 2.34. The molecule has 3 aliphatic carbocycles. The Kier molecular flexibility index (Phi) is 4.70. The number of amides is 2. The summed E-state index contributed by atoms with van der Waals surface area (Å²) in [4.78, 5) is 34.2. The molecule has 0 aromatic carbocycles. The first kappa shape index (κ1) is 17.9. The van der Waals surface area contributed by atoms with E-state index in [-0.39, 0.29) is 17.7 Å². The van der Waals surface area contributed by atoms with E-state index in [0.717, 1.165) is 67.0 Å². The van der Waals surface area contributed by atoms with Crippen LogP contribution in [0.25, 0.3) is 0 Å². The lowest BCUT2D eigenvalue weighted by atomic mass is 9.84. The third-order valence-corrected chi connectivity index (χ3v) is 7.27. The number of carbonyl (C=O) groups is 2. The second-order valence-corrected chi connectivity index (χ2v) is 9.58. The van der Waals surface area contributed by atoms with Crippen LogP contribution in [0.5, 0.6) is 0 Å². The Morgan fingerprint density at radius 1 is 1.18 bits per heavy atom. The molecule has 6 nitrogen and oxygen atoms in total. The number of fused-ring (bicyclic) bond motifs is 1. The number of hydrogen-bond donors (Lipinski definition) is 3. The maximum atomic E-state index is 13.0. The molecule has 0 bridgehead atoms. The van der Waals surface area contributed by atoms with Crippen LogP contribution in [0, 0.1) is 17.8 Å². The van der Waals surface area contributed by atoms with Gasteiger partial charge in [0.05, 0.1) is 5.56 Å². The molecular weight excluding hydrogens is 372 g/mol. The number of aromatic nitrogens is 2. The Morgan fingerprint density at radius 3 is 2.75 bits per heavy atom. The minimum atomic E-state index is -0.0193. The number of thiophene rings is 1. The standard InChI is InChI=1S/C21H26N4O2S/c26-19(14-4-5-14)25-21-18(20(27)24-11-12-1-2-12)15-9-13(3-6-16(15)28-21)10-17-22-7-8-23-17/h7-8,12-14H,1-6,9-11H2,(H,22,23)(H,24,27)(H,25,26)/t13-/m0/s1. The zero-order valence-corrected chi connectivity index (χ0v) is 16.7. The predicted molar refractivity (Wildman–Crippen MR) is 109 cm³/mol. The van der Waals surface area contributed by atoms with E-state index in [4.69, 9.17) is 0 Å². The van der Waals surface area contributed by atoms with Crippen molar-refractivity contribution in [2.45, 2.75) is 51.4 Å². The molecule has 0 aliphatic heterocycles. The number of anilines is 1. The second kappa shape index (κ2) is 7.35. The molecule has 1 atom stereocenters. The van der Waals surface area contributed by atoms with Crippen molar-refractivity contribution in [2.75, 3.05) is 11.9 Å². The highest BCUT2D eigenvalue weighted by molar-refractivity contribution is 7.17. The van der Waals surface area contributed by atoms with Crippen LogP contribution < -0.4 is 10.6 Å². The van der Waals surface area contributed by atoms with Crippen molar-refractivity contribution in [3.05, 3.63) is 34.2 Å².